The number of aryl methyl sites for hydroxylation is 1. The fourth-order valence-corrected chi connectivity index (χ4v) is 1.89. The molecule has 0 aliphatic carbocycles. The van der Waals surface area contributed by atoms with Crippen LogP contribution in [0.2, 0.25) is 0 Å². The maximum Gasteiger partial charge on any atom is 0.254 e. The molecule has 2 N–H and O–H groups in total. The van der Waals surface area contributed by atoms with E-state index < -0.39 is 5.60 Å². The van der Waals surface area contributed by atoms with Crippen molar-refractivity contribution in [2.75, 3.05) is 13.1 Å². The van der Waals surface area contributed by atoms with Gasteiger partial charge in [0.2, 0.25) is 0 Å². The van der Waals surface area contributed by atoms with Crippen molar-refractivity contribution in [3.63, 3.8) is 0 Å². The number of amides is 1. The summed E-state index contributed by atoms with van der Waals surface area (Å²) in [7, 11) is 0. The van der Waals surface area contributed by atoms with Crippen LogP contribution in [0.4, 0.5) is 0 Å². The van der Waals surface area contributed by atoms with Gasteiger partial charge in [-0.3, -0.25) is 4.79 Å². The Morgan fingerprint density at radius 2 is 2.06 bits per heavy atom. The van der Waals surface area contributed by atoms with E-state index in [0.717, 1.165) is 0 Å². The number of benzene rings is 1. The number of aliphatic hydroxyl groups is 1. The van der Waals surface area contributed by atoms with Crippen LogP contribution in [0.1, 0.15) is 22.8 Å². The summed E-state index contributed by atoms with van der Waals surface area (Å²) >= 11 is 0. The molecule has 0 unspecified atom stereocenters. The highest BCUT2D eigenvalue weighted by Gasteiger charge is 2.39. The van der Waals surface area contributed by atoms with E-state index in [9.17, 15) is 15.0 Å². The number of likely N-dealkylation sites (tertiary alicyclic amines) is 1. The van der Waals surface area contributed by atoms with Gasteiger partial charge in [0.15, 0.2) is 0 Å². The number of aromatic hydroxyl groups is 1. The Morgan fingerprint density at radius 1 is 1.44 bits per heavy atom. The van der Waals surface area contributed by atoms with Gasteiger partial charge in [0.05, 0.1) is 18.7 Å². The summed E-state index contributed by atoms with van der Waals surface area (Å²) in [6.07, 6.45) is 0. The van der Waals surface area contributed by atoms with Gasteiger partial charge >= 0.3 is 0 Å². The van der Waals surface area contributed by atoms with Crippen molar-refractivity contribution in [3.8, 4) is 5.75 Å². The third-order valence-corrected chi connectivity index (χ3v) is 2.79. The fraction of sp³-hybridized carbons (Fsp3) is 0.417. The highest BCUT2D eigenvalue weighted by atomic mass is 16.3. The molecule has 1 aliphatic heterocycles. The summed E-state index contributed by atoms with van der Waals surface area (Å²) < 4.78 is 0. The minimum Gasteiger partial charge on any atom is -0.508 e. The Bertz CT molecular complexity index is 432. The van der Waals surface area contributed by atoms with Gasteiger partial charge in [-0.2, -0.15) is 0 Å². The van der Waals surface area contributed by atoms with E-state index in [1.54, 1.807) is 30.9 Å². The first kappa shape index (κ1) is 11.0. The largest absolute Gasteiger partial charge is 0.508 e. The van der Waals surface area contributed by atoms with Crippen LogP contribution in [-0.4, -0.2) is 39.7 Å². The molecule has 2 rings (SSSR count). The molecule has 1 aliphatic rings. The fourth-order valence-electron chi connectivity index (χ4n) is 1.89. The molecule has 0 aromatic heterocycles. The maximum atomic E-state index is 11.9. The van der Waals surface area contributed by atoms with Crippen LogP contribution in [0.5, 0.6) is 5.75 Å². The second-order valence-electron chi connectivity index (χ2n) is 4.66. The molecule has 1 amide bonds. The molecule has 1 fully saturated rings. The highest BCUT2D eigenvalue weighted by Crippen LogP contribution is 2.24. The molecule has 1 aromatic rings. The summed E-state index contributed by atoms with van der Waals surface area (Å²) in [4.78, 5) is 13.5. The number of hydrogen-bond acceptors (Lipinski definition) is 3. The molecule has 1 saturated heterocycles. The van der Waals surface area contributed by atoms with E-state index >= 15 is 0 Å². The molecule has 0 radical (unpaired) electrons. The molecule has 1 heterocycles. The average Bonchev–Trinajstić information content (AvgIpc) is 2.17. The normalized spacial score (nSPS) is 18.1. The Hall–Kier alpha value is -1.55. The molecule has 4 heteroatoms. The Kier molecular flexibility index (Phi) is 2.39. The van der Waals surface area contributed by atoms with Gasteiger partial charge in [-0.05, 0) is 37.6 Å². The molecule has 0 saturated carbocycles. The van der Waals surface area contributed by atoms with Crippen molar-refractivity contribution < 1.29 is 15.0 Å². The predicted molar refractivity (Wildman–Crippen MR) is 59.4 cm³/mol. The van der Waals surface area contributed by atoms with E-state index in [2.05, 4.69) is 0 Å². The molecule has 16 heavy (non-hydrogen) atoms. The summed E-state index contributed by atoms with van der Waals surface area (Å²) in [6, 6.07) is 4.77. The van der Waals surface area contributed by atoms with Crippen LogP contribution in [-0.2, 0) is 0 Å². The van der Waals surface area contributed by atoms with Crippen LogP contribution < -0.4 is 0 Å². The standard InChI is InChI=1S/C12H15NO3/c1-8-5-9(3-4-10(8)14)11(15)13-6-12(2,16)7-13/h3-5,14,16H,6-7H2,1-2H3. The van der Waals surface area contributed by atoms with Gasteiger partial charge in [-0.15, -0.1) is 0 Å². The van der Waals surface area contributed by atoms with Crippen molar-refractivity contribution in [1.29, 1.82) is 0 Å². The zero-order valence-electron chi connectivity index (χ0n) is 9.40. The number of carbonyl (C=O) groups is 1. The highest BCUT2D eigenvalue weighted by molar-refractivity contribution is 5.95. The number of hydrogen-bond donors (Lipinski definition) is 2. The zero-order valence-corrected chi connectivity index (χ0v) is 9.40. The van der Waals surface area contributed by atoms with Crippen molar-refractivity contribution in [3.05, 3.63) is 29.3 Å². The molecule has 1 aromatic carbocycles. The second kappa shape index (κ2) is 3.49. The molecule has 0 spiro atoms. The van der Waals surface area contributed by atoms with E-state index in [1.807, 2.05) is 0 Å². The van der Waals surface area contributed by atoms with E-state index in [1.165, 1.54) is 6.07 Å². The van der Waals surface area contributed by atoms with Crippen LogP contribution in [0.25, 0.3) is 0 Å². The van der Waals surface area contributed by atoms with Crippen molar-refractivity contribution >= 4 is 5.91 Å². The van der Waals surface area contributed by atoms with Crippen LogP contribution in [0.3, 0.4) is 0 Å². The van der Waals surface area contributed by atoms with E-state index in [-0.39, 0.29) is 11.7 Å². The predicted octanol–water partition coefficient (Wildman–Crippen LogP) is 0.907. The molecular weight excluding hydrogens is 206 g/mol. The minimum atomic E-state index is -0.748. The minimum absolute atomic E-state index is 0.102. The molecule has 0 bridgehead atoms. The van der Waals surface area contributed by atoms with Gasteiger partial charge in [0, 0.05) is 5.56 Å². The monoisotopic (exact) mass is 221 g/mol. The van der Waals surface area contributed by atoms with Crippen LogP contribution in [0, 0.1) is 6.92 Å². The number of nitrogens with zero attached hydrogens (tertiary/aromatic N) is 1. The van der Waals surface area contributed by atoms with Crippen LogP contribution in [0.15, 0.2) is 18.2 Å². The average molecular weight is 221 g/mol. The SMILES string of the molecule is Cc1cc(C(=O)N2CC(C)(O)C2)ccc1O. The summed E-state index contributed by atoms with van der Waals surface area (Å²) in [6.45, 7) is 4.19. The number of phenols is 1. The van der Waals surface area contributed by atoms with E-state index in [0.29, 0.717) is 24.2 Å². The van der Waals surface area contributed by atoms with E-state index in [4.69, 9.17) is 0 Å². The van der Waals surface area contributed by atoms with Crippen LogP contribution >= 0.6 is 0 Å². The second-order valence-corrected chi connectivity index (χ2v) is 4.66. The maximum absolute atomic E-state index is 11.9. The number of rotatable bonds is 1. The lowest BCUT2D eigenvalue weighted by atomic mass is 9.95. The van der Waals surface area contributed by atoms with Gasteiger partial charge in [0.1, 0.15) is 5.75 Å². The Labute approximate surface area is 94.1 Å². The van der Waals surface area contributed by atoms with Crippen molar-refractivity contribution in [2.45, 2.75) is 19.4 Å². The molecule has 86 valence electrons. The summed E-state index contributed by atoms with van der Waals surface area (Å²) in [5, 5.41) is 18.9. The van der Waals surface area contributed by atoms with Gasteiger partial charge in [0.25, 0.3) is 5.91 Å². The van der Waals surface area contributed by atoms with Gasteiger partial charge < -0.3 is 15.1 Å². The first-order chi connectivity index (χ1) is 7.39. The lowest BCUT2D eigenvalue weighted by Crippen LogP contribution is -2.61. The smallest absolute Gasteiger partial charge is 0.254 e. The number of carbonyl (C=O) groups excluding carboxylic acids is 1. The molecule has 4 nitrogen and oxygen atoms in total. The van der Waals surface area contributed by atoms with Crippen molar-refractivity contribution in [1.82, 2.24) is 4.90 Å². The molecule has 0 atom stereocenters. The van der Waals surface area contributed by atoms with Gasteiger partial charge in [-0.25, -0.2) is 0 Å². The first-order valence-electron chi connectivity index (χ1n) is 5.20. The third kappa shape index (κ3) is 1.88. The first-order valence-corrected chi connectivity index (χ1v) is 5.20. The Balaban J connectivity index is 2.13. The zero-order chi connectivity index (χ0) is 11.9. The summed E-state index contributed by atoms with van der Waals surface area (Å²) in [5.41, 5.74) is 0.477. The molecular formula is C12H15NO3. The van der Waals surface area contributed by atoms with Crippen molar-refractivity contribution in [2.24, 2.45) is 0 Å². The number of phenolic OH excluding ortho intramolecular Hbond substituents is 1. The third-order valence-electron chi connectivity index (χ3n) is 2.79. The topological polar surface area (TPSA) is 60.8 Å². The quantitative estimate of drug-likeness (QED) is 0.741. The lowest BCUT2D eigenvalue weighted by Gasteiger charge is -2.44. The number of β-amino-alcohol motifs (C(OH)–C–C–N with tert-alkyl or cyclic N) is 1. The Morgan fingerprint density at radius 3 is 2.56 bits per heavy atom. The summed E-state index contributed by atoms with van der Waals surface area (Å²) in [5.74, 6) is 0.0850. The van der Waals surface area contributed by atoms with Gasteiger partial charge in [-0.1, -0.05) is 0 Å². The lowest BCUT2D eigenvalue weighted by molar-refractivity contribution is -0.0668.